The molecule has 0 radical (unpaired) electrons. The van der Waals surface area contributed by atoms with Crippen molar-refractivity contribution in [2.24, 2.45) is 0 Å². The number of pyridine rings is 1. The quantitative estimate of drug-likeness (QED) is 0.701. The van der Waals surface area contributed by atoms with E-state index >= 15 is 0 Å². The second kappa shape index (κ2) is 3.54. The Balaban J connectivity index is 0.000000853. The molecular weight excluding hydrogens is 216 g/mol. The summed E-state index contributed by atoms with van der Waals surface area (Å²) in [6, 6.07) is 3.37. The molecule has 0 amide bonds. The lowest BCUT2D eigenvalue weighted by atomic mass is 10.3. The van der Waals surface area contributed by atoms with Crippen LogP contribution in [-0.4, -0.2) is 22.2 Å². The van der Waals surface area contributed by atoms with Crippen LogP contribution in [0.4, 0.5) is 0 Å². The molecule has 0 unspecified atom stereocenters. The smallest absolute Gasteiger partial charge is 0.211 e. The monoisotopic (exact) mass is 228 g/mol. The number of aromatic nitrogens is 1. The molecule has 1 saturated carbocycles. The van der Waals surface area contributed by atoms with Crippen molar-refractivity contribution in [3.05, 3.63) is 17.8 Å². The van der Waals surface area contributed by atoms with E-state index in [-0.39, 0.29) is 23.9 Å². The summed E-state index contributed by atoms with van der Waals surface area (Å²) in [4.78, 5) is 4.04. The number of aromatic hydroxyl groups is 1. The van der Waals surface area contributed by atoms with Crippen LogP contribution in [-0.2, 0) is 6.54 Å². The van der Waals surface area contributed by atoms with E-state index in [2.05, 4.69) is 10.3 Å². The van der Waals surface area contributed by atoms with Crippen LogP contribution < -0.4 is 10.1 Å². The fraction of sp³-hybridized carbons (Fsp3) is 0.500. The summed E-state index contributed by atoms with van der Waals surface area (Å²) in [7, 11) is 0. The number of ether oxygens (including phenoxy) is 1. The minimum absolute atomic E-state index is 0. The van der Waals surface area contributed by atoms with Crippen molar-refractivity contribution in [2.45, 2.75) is 25.0 Å². The van der Waals surface area contributed by atoms with Gasteiger partial charge in [-0.25, -0.2) is 4.98 Å². The summed E-state index contributed by atoms with van der Waals surface area (Å²) in [5.41, 5.74) is 0.818. The molecule has 1 aromatic rings. The van der Waals surface area contributed by atoms with Gasteiger partial charge in [0, 0.05) is 19.2 Å². The summed E-state index contributed by atoms with van der Waals surface area (Å²) in [6.07, 6.45) is 2.22. The molecule has 0 saturated heterocycles. The predicted molar refractivity (Wildman–Crippen MR) is 57.4 cm³/mol. The van der Waals surface area contributed by atoms with Crippen LogP contribution in [0, 0.1) is 0 Å². The Morgan fingerprint density at radius 2 is 2.20 bits per heavy atom. The lowest BCUT2D eigenvalue weighted by Gasteiger charge is -2.14. The van der Waals surface area contributed by atoms with Gasteiger partial charge in [-0.15, -0.1) is 12.4 Å². The third-order valence-corrected chi connectivity index (χ3v) is 2.79. The van der Waals surface area contributed by atoms with Crippen molar-refractivity contribution >= 4 is 12.4 Å². The summed E-state index contributed by atoms with van der Waals surface area (Å²) in [6.45, 7) is 1.55. The van der Waals surface area contributed by atoms with Gasteiger partial charge >= 0.3 is 0 Å². The first-order valence-corrected chi connectivity index (χ1v) is 4.86. The third-order valence-electron chi connectivity index (χ3n) is 2.79. The summed E-state index contributed by atoms with van der Waals surface area (Å²) < 4.78 is 5.87. The third kappa shape index (κ3) is 1.87. The first-order chi connectivity index (χ1) is 6.77. The van der Waals surface area contributed by atoms with Gasteiger partial charge in [-0.1, -0.05) is 0 Å². The number of halogens is 1. The van der Waals surface area contributed by atoms with Gasteiger partial charge in [-0.2, -0.15) is 0 Å². The second-order valence-corrected chi connectivity index (χ2v) is 4.00. The van der Waals surface area contributed by atoms with Crippen molar-refractivity contribution in [3.63, 3.8) is 0 Å². The number of hydrogen-bond acceptors (Lipinski definition) is 4. The molecule has 0 atom stereocenters. The molecule has 4 nitrogen and oxygen atoms in total. The maximum Gasteiger partial charge on any atom is 0.211 e. The van der Waals surface area contributed by atoms with Crippen molar-refractivity contribution in [1.82, 2.24) is 10.3 Å². The highest BCUT2D eigenvalue weighted by Crippen LogP contribution is 2.42. The number of rotatable bonds is 0. The van der Waals surface area contributed by atoms with Gasteiger partial charge < -0.3 is 15.2 Å². The molecule has 5 heteroatoms. The van der Waals surface area contributed by atoms with Crippen LogP contribution in [0.2, 0.25) is 0 Å². The van der Waals surface area contributed by atoms with E-state index in [4.69, 9.17) is 4.74 Å². The summed E-state index contributed by atoms with van der Waals surface area (Å²) in [5.74, 6) is 0.867. The van der Waals surface area contributed by atoms with E-state index in [1.165, 1.54) is 0 Å². The highest BCUT2D eigenvalue weighted by Gasteiger charge is 2.46. The fourth-order valence-electron chi connectivity index (χ4n) is 1.79. The molecule has 1 fully saturated rings. The zero-order valence-electron chi connectivity index (χ0n) is 8.19. The Morgan fingerprint density at radius 3 is 2.93 bits per heavy atom. The minimum atomic E-state index is 0. The van der Waals surface area contributed by atoms with Crippen molar-refractivity contribution in [3.8, 4) is 11.6 Å². The first-order valence-electron chi connectivity index (χ1n) is 4.86. The number of fused-ring (bicyclic) bond motifs is 1. The Labute approximate surface area is 94.1 Å². The topological polar surface area (TPSA) is 54.4 Å². The number of nitrogens with one attached hydrogen (secondary N) is 1. The maximum atomic E-state index is 9.23. The summed E-state index contributed by atoms with van der Waals surface area (Å²) in [5, 5.41) is 12.5. The highest BCUT2D eigenvalue weighted by molar-refractivity contribution is 5.85. The van der Waals surface area contributed by atoms with Gasteiger partial charge in [0.2, 0.25) is 5.88 Å². The van der Waals surface area contributed by atoms with E-state index in [1.807, 2.05) is 0 Å². The van der Waals surface area contributed by atoms with E-state index in [0.29, 0.717) is 6.54 Å². The molecule has 1 aliphatic carbocycles. The molecule has 2 aliphatic rings. The van der Waals surface area contributed by atoms with Gasteiger partial charge in [0.25, 0.3) is 0 Å². The molecule has 82 valence electrons. The lowest BCUT2D eigenvalue weighted by molar-refractivity contribution is 0.183. The second-order valence-electron chi connectivity index (χ2n) is 4.00. The average Bonchev–Trinajstić information content (AvgIpc) is 2.93. The number of nitrogens with zero attached hydrogens (tertiary/aromatic N) is 1. The van der Waals surface area contributed by atoms with Crippen LogP contribution in [0.3, 0.4) is 0 Å². The molecule has 15 heavy (non-hydrogen) atoms. The van der Waals surface area contributed by atoms with Crippen molar-refractivity contribution in [2.75, 3.05) is 6.54 Å². The Morgan fingerprint density at radius 1 is 1.40 bits per heavy atom. The van der Waals surface area contributed by atoms with Crippen molar-refractivity contribution < 1.29 is 9.84 Å². The van der Waals surface area contributed by atoms with Crippen LogP contribution in [0.5, 0.6) is 11.6 Å². The van der Waals surface area contributed by atoms with Gasteiger partial charge in [0.1, 0.15) is 17.0 Å². The summed E-state index contributed by atoms with van der Waals surface area (Å²) >= 11 is 0. The molecule has 1 spiro atoms. The Hall–Kier alpha value is -1.00. The van der Waals surface area contributed by atoms with Crippen molar-refractivity contribution in [1.29, 1.82) is 0 Å². The minimum Gasteiger partial charge on any atom is -0.493 e. The largest absolute Gasteiger partial charge is 0.493 e. The van der Waals surface area contributed by atoms with Gasteiger partial charge in [0.15, 0.2) is 0 Å². The lowest BCUT2D eigenvalue weighted by Crippen LogP contribution is -2.29. The zero-order chi connectivity index (χ0) is 9.60. The first kappa shape index (κ1) is 10.5. The standard InChI is InChI=1S/C10H12N2O2.ClH/c13-9-2-1-8-7(12-9)5-11-6-10(14-8)3-4-10;/h1-2,11H,3-6H2,(H,12,13);1H. The Kier molecular flexibility index (Phi) is 2.48. The molecule has 1 aliphatic heterocycles. The van der Waals surface area contributed by atoms with E-state index in [0.717, 1.165) is 30.8 Å². The van der Waals surface area contributed by atoms with Crippen LogP contribution in [0.1, 0.15) is 18.5 Å². The van der Waals surface area contributed by atoms with Gasteiger partial charge in [0.05, 0.1) is 0 Å². The molecular formula is C10H13ClN2O2. The van der Waals surface area contributed by atoms with Crippen LogP contribution >= 0.6 is 12.4 Å². The normalized spacial score (nSPS) is 20.8. The van der Waals surface area contributed by atoms with Crippen LogP contribution in [0.15, 0.2) is 12.1 Å². The van der Waals surface area contributed by atoms with Gasteiger partial charge in [-0.3, -0.25) is 0 Å². The molecule has 2 N–H and O–H groups in total. The average molecular weight is 229 g/mol. The molecule has 0 bridgehead atoms. The highest BCUT2D eigenvalue weighted by atomic mass is 35.5. The van der Waals surface area contributed by atoms with E-state index < -0.39 is 0 Å². The van der Waals surface area contributed by atoms with E-state index in [1.54, 1.807) is 12.1 Å². The molecule has 2 heterocycles. The van der Waals surface area contributed by atoms with Crippen LogP contribution in [0.25, 0.3) is 0 Å². The maximum absolute atomic E-state index is 9.23. The SMILES string of the molecule is Cl.Oc1ccc2c(n1)CNCC1(CC1)O2. The zero-order valence-corrected chi connectivity index (χ0v) is 9.01. The number of hydrogen-bond donors (Lipinski definition) is 2. The molecule has 1 aromatic heterocycles. The molecule has 0 aromatic carbocycles. The molecule has 3 rings (SSSR count). The Bertz CT molecular complexity index is 380. The predicted octanol–water partition coefficient (Wildman–Crippen LogP) is 1.22. The van der Waals surface area contributed by atoms with Gasteiger partial charge in [-0.05, 0) is 18.9 Å². The van der Waals surface area contributed by atoms with E-state index in [9.17, 15) is 5.11 Å². The fourth-order valence-corrected chi connectivity index (χ4v) is 1.79.